The van der Waals surface area contributed by atoms with Gasteiger partial charge in [-0.25, -0.2) is 28.1 Å². The maximum absolute atomic E-state index is 14.2. The van der Waals surface area contributed by atoms with Gasteiger partial charge in [-0.2, -0.15) is 5.10 Å². The van der Waals surface area contributed by atoms with Crippen molar-refractivity contribution >= 4 is 66.3 Å². The van der Waals surface area contributed by atoms with Gasteiger partial charge in [-0.1, -0.05) is 18.2 Å². The van der Waals surface area contributed by atoms with Gasteiger partial charge in [-0.15, -0.1) is 0 Å². The molecule has 2 amide bonds. The molecule has 2 fully saturated rings. The fourth-order valence-corrected chi connectivity index (χ4v) is 8.01. The van der Waals surface area contributed by atoms with Crippen molar-refractivity contribution in [1.82, 2.24) is 34.4 Å². The number of rotatable bonds is 4. The molecule has 15 heteroatoms. The Morgan fingerprint density at radius 2 is 1.89 bits per heavy atom. The minimum absolute atomic E-state index is 0.0918. The fraction of sp³-hybridized carbons (Fsp3) is 0.344. The molecule has 1 aliphatic carbocycles. The lowest BCUT2D eigenvalue weighted by atomic mass is 9.99. The molecule has 0 unspecified atom stereocenters. The number of carbonyl (C=O) groups is 3. The number of likely N-dealkylation sites (tertiary alicyclic amines) is 1. The number of anilines is 1. The second-order valence-corrected chi connectivity index (χ2v) is 15.0. The van der Waals surface area contributed by atoms with Crippen molar-refractivity contribution in [2.45, 2.75) is 51.7 Å². The van der Waals surface area contributed by atoms with E-state index in [0.717, 1.165) is 11.1 Å². The Balaban J connectivity index is 1.22. The zero-order chi connectivity index (χ0) is 33.1. The minimum atomic E-state index is -3.59. The number of nitrogens with zero attached hydrogens (tertiary/aromatic N) is 6. The molecule has 5 heterocycles. The number of nitrogens with one attached hydrogen (secondary N) is 2. The maximum Gasteiger partial charge on any atom is 0.248 e. The first kappa shape index (κ1) is 31.3. The first-order chi connectivity index (χ1) is 22.4. The molecule has 0 radical (unpaired) electrons. The third-order valence-electron chi connectivity index (χ3n) is 9.12. The number of sulfonamides is 1. The van der Waals surface area contributed by atoms with Crippen molar-refractivity contribution in [3.63, 3.8) is 0 Å². The van der Waals surface area contributed by atoms with Crippen LogP contribution in [0.4, 0.5) is 5.82 Å². The van der Waals surface area contributed by atoms with Crippen LogP contribution in [-0.2, 0) is 26.2 Å². The number of carbonyl (C=O) groups excluding carboxylic acids is 3. The van der Waals surface area contributed by atoms with Gasteiger partial charge in [0.2, 0.25) is 21.8 Å². The van der Waals surface area contributed by atoms with Crippen LogP contribution in [0, 0.1) is 12.3 Å². The van der Waals surface area contributed by atoms with Gasteiger partial charge in [0.1, 0.15) is 34.5 Å². The standard InChI is InChI=1S/C32H31BrN8O5S/c1-18(42)29-23-11-21(22-14-34-19(2)35-15-22)6-8-24(23)40(39-29)16-28(43)41-25-12-32(13-26(32)41)17-36-47(45,46)10-4-3-5-20-7-9-27(33)37-30(20)38-31(25)44/h3,5-9,11,14-15,25-26,36H,4,10,12-13,16-17H2,1-2H3,(H,37,38,44)/t25-,26+,32-/m0/s1. The third kappa shape index (κ3) is 5.98. The predicted molar refractivity (Wildman–Crippen MR) is 178 cm³/mol. The van der Waals surface area contributed by atoms with Crippen LogP contribution >= 0.6 is 15.9 Å². The zero-order valence-electron chi connectivity index (χ0n) is 25.6. The van der Waals surface area contributed by atoms with E-state index in [-0.39, 0.29) is 55.1 Å². The van der Waals surface area contributed by atoms with E-state index in [9.17, 15) is 22.8 Å². The summed E-state index contributed by atoms with van der Waals surface area (Å²) in [5.41, 5.74) is 2.42. The summed E-state index contributed by atoms with van der Waals surface area (Å²) in [5.74, 6) is -0.176. The van der Waals surface area contributed by atoms with Crippen LogP contribution in [0.3, 0.4) is 0 Å². The van der Waals surface area contributed by atoms with Gasteiger partial charge < -0.3 is 10.2 Å². The van der Waals surface area contributed by atoms with E-state index in [0.29, 0.717) is 39.1 Å². The number of amides is 2. The normalized spacial score (nSPS) is 23.5. The molecule has 4 aromatic rings. The van der Waals surface area contributed by atoms with E-state index in [1.807, 2.05) is 12.1 Å². The van der Waals surface area contributed by atoms with Gasteiger partial charge in [0.15, 0.2) is 5.78 Å². The molecule has 7 rings (SSSR count). The summed E-state index contributed by atoms with van der Waals surface area (Å²) >= 11 is 3.36. The Morgan fingerprint density at radius 1 is 1.11 bits per heavy atom. The number of hydrogen-bond donors (Lipinski definition) is 2. The number of aromatic nitrogens is 5. The Labute approximate surface area is 279 Å². The number of halogens is 1. The largest absolute Gasteiger partial charge is 0.325 e. The van der Waals surface area contributed by atoms with E-state index in [2.05, 4.69) is 46.0 Å². The molecule has 3 atom stereocenters. The molecule has 242 valence electrons. The molecule has 1 spiro atoms. The molecule has 2 aliphatic heterocycles. The van der Waals surface area contributed by atoms with Gasteiger partial charge in [0.25, 0.3) is 0 Å². The quantitative estimate of drug-likeness (QED) is 0.237. The fourth-order valence-electron chi connectivity index (χ4n) is 6.60. The van der Waals surface area contributed by atoms with Crippen molar-refractivity contribution in [1.29, 1.82) is 0 Å². The highest BCUT2D eigenvalue weighted by Crippen LogP contribution is 2.59. The number of Topliss-reactive ketones (excluding diaryl/α,β-unsaturated/α-hetero) is 1. The van der Waals surface area contributed by atoms with E-state index in [4.69, 9.17) is 0 Å². The van der Waals surface area contributed by atoms with Crippen LogP contribution in [0.25, 0.3) is 28.1 Å². The smallest absolute Gasteiger partial charge is 0.248 e. The second-order valence-electron chi connectivity index (χ2n) is 12.3. The summed E-state index contributed by atoms with van der Waals surface area (Å²) in [5, 5.41) is 8.04. The molecular formula is C32H31BrN8O5S. The first-order valence-corrected chi connectivity index (χ1v) is 17.6. The highest BCUT2D eigenvalue weighted by Gasteiger charge is 2.67. The number of aryl methyl sites for hydroxylation is 1. The molecule has 2 bridgehead atoms. The highest BCUT2D eigenvalue weighted by molar-refractivity contribution is 9.10. The molecule has 3 aliphatic rings. The molecule has 13 nitrogen and oxygen atoms in total. The van der Waals surface area contributed by atoms with Crippen molar-refractivity contribution in [2.75, 3.05) is 17.6 Å². The van der Waals surface area contributed by atoms with Gasteiger partial charge >= 0.3 is 0 Å². The van der Waals surface area contributed by atoms with Gasteiger partial charge in [0, 0.05) is 53.8 Å². The molecule has 3 aromatic heterocycles. The average molecular weight is 720 g/mol. The van der Waals surface area contributed by atoms with Crippen molar-refractivity contribution in [2.24, 2.45) is 5.41 Å². The lowest BCUT2D eigenvalue weighted by Crippen LogP contribution is -2.47. The predicted octanol–water partition coefficient (Wildman–Crippen LogP) is 3.50. The zero-order valence-corrected chi connectivity index (χ0v) is 28.0. The number of benzene rings is 1. The Morgan fingerprint density at radius 3 is 2.66 bits per heavy atom. The summed E-state index contributed by atoms with van der Waals surface area (Å²) in [6.45, 7) is 3.13. The number of ketones is 1. The summed E-state index contributed by atoms with van der Waals surface area (Å²) in [4.78, 5) is 55.2. The average Bonchev–Trinajstić information content (AvgIpc) is 3.45. The van der Waals surface area contributed by atoms with E-state index in [1.54, 1.807) is 54.6 Å². The SMILES string of the molecule is CC(=O)c1nn(CC(=O)N2[C@H]3C[C@@]4(CNS(=O)(=O)CCC=Cc5ccc(Br)nc5NC3=O)C[C@@H]24)c2ccc(-c3cnc(C)nc3)cc12. The number of pyridine rings is 1. The number of allylic oxidation sites excluding steroid dienone is 1. The molecule has 1 saturated carbocycles. The molecular weight excluding hydrogens is 688 g/mol. The van der Waals surface area contributed by atoms with Crippen LogP contribution in [0.2, 0.25) is 0 Å². The number of piperidine rings is 1. The lowest BCUT2D eigenvalue weighted by Gasteiger charge is -2.27. The van der Waals surface area contributed by atoms with Crippen LogP contribution in [0.15, 0.2) is 53.4 Å². The van der Waals surface area contributed by atoms with Gasteiger partial charge in [-0.05, 0) is 71.9 Å². The Bertz CT molecular complexity index is 2100. The van der Waals surface area contributed by atoms with Crippen LogP contribution < -0.4 is 10.0 Å². The summed E-state index contributed by atoms with van der Waals surface area (Å²) in [7, 11) is -3.59. The summed E-state index contributed by atoms with van der Waals surface area (Å²) in [6, 6.07) is 7.79. The first-order valence-electron chi connectivity index (χ1n) is 15.2. The molecule has 47 heavy (non-hydrogen) atoms. The van der Waals surface area contributed by atoms with Crippen LogP contribution in [-0.4, -0.2) is 80.0 Å². The monoisotopic (exact) mass is 718 g/mol. The third-order valence-corrected chi connectivity index (χ3v) is 10.9. The Hall–Kier alpha value is -4.34. The highest BCUT2D eigenvalue weighted by atomic mass is 79.9. The van der Waals surface area contributed by atoms with Crippen LogP contribution in [0.5, 0.6) is 0 Å². The van der Waals surface area contributed by atoms with Crippen LogP contribution in [0.1, 0.15) is 48.1 Å². The number of hydrogen-bond acceptors (Lipinski definition) is 9. The summed E-state index contributed by atoms with van der Waals surface area (Å²) < 4.78 is 30.4. The molecule has 1 aromatic carbocycles. The van der Waals surface area contributed by atoms with Gasteiger partial charge in [-0.3, -0.25) is 19.1 Å². The van der Waals surface area contributed by atoms with Gasteiger partial charge in [0.05, 0.1) is 11.3 Å². The molecule has 1 saturated heterocycles. The Kier molecular flexibility index (Phi) is 7.80. The van der Waals surface area contributed by atoms with Crippen molar-refractivity contribution in [3.8, 4) is 11.1 Å². The minimum Gasteiger partial charge on any atom is -0.325 e. The van der Waals surface area contributed by atoms with Crippen molar-refractivity contribution < 1.29 is 22.8 Å². The maximum atomic E-state index is 14.2. The summed E-state index contributed by atoms with van der Waals surface area (Å²) in [6.07, 6.45) is 8.00. The topological polar surface area (TPSA) is 169 Å². The van der Waals surface area contributed by atoms with E-state index < -0.39 is 27.4 Å². The number of fused-ring (bicyclic) bond motifs is 3. The van der Waals surface area contributed by atoms with E-state index in [1.165, 1.54) is 11.6 Å². The second kappa shape index (κ2) is 11.7. The molecule has 2 N–H and O–H groups in total. The van der Waals surface area contributed by atoms with Crippen molar-refractivity contribution in [3.05, 3.63) is 70.5 Å². The lowest BCUT2D eigenvalue weighted by molar-refractivity contribution is -0.138. The van der Waals surface area contributed by atoms with E-state index >= 15 is 0 Å².